The molecule has 148 valence electrons. The number of hydrogen-bond acceptors (Lipinski definition) is 3. The Morgan fingerprint density at radius 1 is 1.36 bits per heavy atom. The van der Waals surface area contributed by atoms with Crippen LogP contribution in [0.5, 0.6) is 0 Å². The molecule has 2 N–H and O–H groups in total. The topological polar surface area (TPSA) is 66.0 Å². The maximum absolute atomic E-state index is 12.2. The molecule has 1 heterocycles. The molecule has 7 heteroatoms. The molecule has 1 aliphatic rings. The molecule has 1 rings (SSSR count). The van der Waals surface area contributed by atoms with E-state index in [4.69, 9.17) is 4.74 Å². The standard InChI is InChI=1S/C18H36N4O2.HI/c1-7-19-16(21-14(2)3)20-11-10-15-9-8-12-22(13-15)17(23)24-18(4,5)6;/h14-15H,7-13H2,1-6H3,(H2,19,20,21);1H. The van der Waals surface area contributed by atoms with Gasteiger partial charge < -0.3 is 20.3 Å². The van der Waals surface area contributed by atoms with Gasteiger partial charge in [0.25, 0.3) is 0 Å². The maximum Gasteiger partial charge on any atom is 0.410 e. The Hall–Kier alpha value is -0.730. The van der Waals surface area contributed by atoms with Crippen molar-refractivity contribution >= 4 is 36.0 Å². The lowest BCUT2D eigenvalue weighted by atomic mass is 9.95. The van der Waals surface area contributed by atoms with Crippen LogP contribution in [0.3, 0.4) is 0 Å². The van der Waals surface area contributed by atoms with Gasteiger partial charge in [-0.15, -0.1) is 24.0 Å². The smallest absolute Gasteiger partial charge is 0.410 e. The van der Waals surface area contributed by atoms with E-state index in [1.165, 1.54) is 0 Å². The highest BCUT2D eigenvalue weighted by molar-refractivity contribution is 14.0. The normalized spacial score (nSPS) is 18.6. The quantitative estimate of drug-likeness (QED) is 0.368. The number of hydrogen-bond donors (Lipinski definition) is 2. The van der Waals surface area contributed by atoms with Crippen LogP contribution < -0.4 is 10.6 Å². The molecule has 0 aliphatic carbocycles. The highest BCUT2D eigenvalue weighted by Gasteiger charge is 2.27. The summed E-state index contributed by atoms with van der Waals surface area (Å²) < 4.78 is 5.48. The lowest BCUT2D eigenvalue weighted by Crippen LogP contribution is -2.43. The second kappa shape index (κ2) is 11.8. The molecular weight excluding hydrogens is 431 g/mol. The van der Waals surface area contributed by atoms with Crippen LogP contribution in [-0.4, -0.2) is 54.8 Å². The summed E-state index contributed by atoms with van der Waals surface area (Å²) in [6, 6.07) is 0.361. The lowest BCUT2D eigenvalue weighted by Gasteiger charge is -2.34. The van der Waals surface area contributed by atoms with Crippen LogP contribution in [0.15, 0.2) is 4.99 Å². The highest BCUT2D eigenvalue weighted by Crippen LogP contribution is 2.21. The van der Waals surface area contributed by atoms with Crippen molar-refractivity contribution in [2.24, 2.45) is 10.9 Å². The van der Waals surface area contributed by atoms with Gasteiger partial charge in [-0.1, -0.05) is 0 Å². The summed E-state index contributed by atoms with van der Waals surface area (Å²) >= 11 is 0. The van der Waals surface area contributed by atoms with Gasteiger partial charge in [0.15, 0.2) is 5.96 Å². The number of carbonyl (C=O) groups is 1. The predicted octanol–water partition coefficient (Wildman–Crippen LogP) is 3.61. The van der Waals surface area contributed by atoms with Gasteiger partial charge in [-0.05, 0) is 66.7 Å². The maximum atomic E-state index is 12.2. The van der Waals surface area contributed by atoms with Crippen LogP contribution in [0, 0.1) is 5.92 Å². The monoisotopic (exact) mass is 468 g/mol. The number of halogens is 1. The molecule has 1 atom stereocenters. The number of ether oxygens (including phenoxy) is 1. The van der Waals surface area contributed by atoms with E-state index < -0.39 is 5.60 Å². The van der Waals surface area contributed by atoms with E-state index in [0.717, 1.165) is 51.4 Å². The summed E-state index contributed by atoms with van der Waals surface area (Å²) in [5.74, 6) is 1.37. The zero-order valence-corrected chi connectivity index (χ0v) is 19.1. The fourth-order valence-electron chi connectivity index (χ4n) is 2.75. The third-order valence-corrected chi connectivity index (χ3v) is 3.75. The molecule has 1 saturated heterocycles. The molecule has 25 heavy (non-hydrogen) atoms. The van der Waals surface area contributed by atoms with Crippen LogP contribution in [0.25, 0.3) is 0 Å². The first-order valence-electron chi connectivity index (χ1n) is 9.24. The van der Waals surface area contributed by atoms with Crippen LogP contribution >= 0.6 is 24.0 Å². The molecule has 1 fully saturated rings. The van der Waals surface area contributed by atoms with Gasteiger partial charge in [-0.25, -0.2) is 4.79 Å². The van der Waals surface area contributed by atoms with Gasteiger partial charge in [-0.2, -0.15) is 0 Å². The summed E-state index contributed by atoms with van der Waals surface area (Å²) in [5, 5.41) is 6.58. The summed E-state index contributed by atoms with van der Waals surface area (Å²) in [5.41, 5.74) is -0.433. The van der Waals surface area contributed by atoms with Crippen LogP contribution in [0.2, 0.25) is 0 Å². The Bertz CT molecular complexity index is 422. The minimum Gasteiger partial charge on any atom is -0.444 e. The van der Waals surface area contributed by atoms with E-state index in [1.807, 2.05) is 25.7 Å². The van der Waals surface area contributed by atoms with Crippen LogP contribution in [0.1, 0.15) is 60.8 Å². The first-order chi connectivity index (χ1) is 11.2. The van der Waals surface area contributed by atoms with Gasteiger partial charge >= 0.3 is 6.09 Å². The molecular formula is C18H37IN4O2. The number of amides is 1. The van der Waals surface area contributed by atoms with E-state index in [0.29, 0.717) is 12.0 Å². The molecule has 0 radical (unpaired) electrons. The minimum absolute atomic E-state index is 0. The van der Waals surface area contributed by atoms with Crippen LogP contribution in [-0.2, 0) is 4.74 Å². The number of nitrogens with one attached hydrogen (secondary N) is 2. The SMILES string of the molecule is CCNC(=NCCC1CCCN(C(=O)OC(C)(C)C)C1)NC(C)C.I. The number of likely N-dealkylation sites (tertiary alicyclic amines) is 1. The number of carbonyl (C=O) groups excluding carboxylic acids is 1. The number of aliphatic imine (C=N–C) groups is 1. The summed E-state index contributed by atoms with van der Waals surface area (Å²) in [4.78, 5) is 18.7. The van der Waals surface area contributed by atoms with Crippen molar-refractivity contribution < 1.29 is 9.53 Å². The first-order valence-corrected chi connectivity index (χ1v) is 9.24. The number of piperidine rings is 1. The summed E-state index contributed by atoms with van der Waals surface area (Å²) in [6.07, 6.45) is 3.00. The van der Waals surface area contributed by atoms with E-state index >= 15 is 0 Å². The molecule has 0 saturated carbocycles. The van der Waals surface area contributed by atoms with Crippen molar-refractivity contribution in [3.05, 3.63) is 0 Å². The average molecular weight is 468 g/mol. The second-order valence-electron chi connectivity index (χ2n) is 7.78. The summed E-state index contributed by atoms with van der Waals surface area (Å²) in [6.45, 7) is 15.2. The highest BCUT2D eigenvalue weighted by atomic mass is 127. The summed E-state index contributed by atoms with van der Waals surface area (Å²) in [7, 11) is 0. The Labute approximate surface area is 170 Å². The molecule has 0 aromatic rings. The third kappa shape index (κ3) is 10.8. The van der Waals surface area contributed by atoms with E-state index in [-0.39, 0.29) is 30.1 Å². The minimum atomic E-state index is -0.433. The molecule has 1 aliphatic heterocycles. The lowest BCUT2D eigenvalue weighted by molar-refractivity contribution is 0.0163. The van der Waals surface area contributed by atoms with Crippen molar-refractivity contribution in [2.75, 3.05) is 26.2 Å². The zero-order chi connectivity index (χ0) is 18.2. The van der Waals surface area contributed by atoms with Gasteiger partial charge in [0.05, 0.1) is 0 Å². The molecule has 0 aromatic heterocycles. The third-order valence-electron chi connectivity index (χ3n) is 3.75. The number of rotatable bonds is 5. The largest absolute Gasteiger partial charge is 0.444 e. The van der Waals surface area contributed by atoms with E-state index in [2.05, 4.69) is 36.4 Å². The Morgan fingerprint density at radius 3 is 2.60 bits per heavy atom. The molecule has 0 spiro atoms. The molecule has 6 nitrogen and oxygen atoms in total. The van der Waals surface area contributed by atoms with Crippen LogP contribution in [0.4, 0.5) is 4.79 Å². The van der Waals surface area contributed by atoms with Crippen molar-refractivity contribution in [1.29, 1.82) is 0 Å². The first kappa shape index (κ1) is 24.3. The molecule has 0 aromatic carbocycles. The average Bonchev–Trinajstić information content (AvgIpc) is 2.45. The van der Waals surface area contributed by atoms with E-state index in [9.17, 15) is 4.79 Å². The Balaban J connectivity index is 0.00000576. The van der Waals surface area contributed by atoms with Crippen molar-refractivity contribution in [3.63, 3.8) is 0 Å². The molecule has 1 amide bonds. The van der Waals surface area contributed by atoms with E-state index in [1.54, 1.807) is 0 Å². The van der Waals surface area contributed by atoms with Crippen molar-refractivity contribution in [3.8, 4) is 0 Å². The second-order valence-corrected chi connectivity index (χ2v) is 7.78. The fraction of sp³-hybridized carbons (Fsp3) is 0.889. The molecule has 1 unspecified atom stereocenters. The number of nitrogens with zero attached hydrogens (tertiary/aromatic N) is 2. The predicted molar refractivity (Wildman–Crippen MR) is 115 cm³/mol. The van der Waals surface area contributed by atoms with Crippen molar-refractivity contribution in [2.45, 2.75) is 72.4 Å². The fourth-order valence-corrected chi connectivity index (χ4v) is 2.75. The Morgan fingerprint density at radius 2 is 2.04 bits per heavy atom. The Kier molecular flexibility index (Phi) is 11.5. The van der Waals surface area contributed by atoms with Gasteiger partial charge in [0.2, 0.25) is 0 Å². The zero-order valence-electron chi connectivity index (χ0n) is 16.7. The number of guanidine groups is 1. The van der Waals surface area contributed by atoms with Crippen molar-refractivity contribution in [1.82, 2.24) is 15.5 Å². The van der Waals surface area contributed by atoms with Gasteiger partial charge in [0.1, 0.15) is 5.60 Å². The van der Waals surface area contributed by atoms with Gasteiger partial charge in [0, 0.05) is 32.2 Å². The molecule has 0 bridgehead atoms. The van der Waals surface area contributed by atoms with Gasteiger partial charge in [-0.3, -0.25) is 4.99 Å².